The molecule has 0 radical (unpaired) electrons. The van der Waals surface area contributed by atoms with Crippen molar-refractivity contribution in [3.63, 3.8) is 0 Å². The Bertz CT molecular complexity index is 517. The van der Waals surface area contributed by atoms with Gasteiger partial charge in [-0.05, 0) is 31.2 Å². The molecule has 0 atom stereocenters. The van der Waals surface area contributed by atoms with Gasteiger partial charge in [-0.3, -0.25) is 4.79 Å². The Morgan fingerprint density at radius 2 is 1.94 bits per heavy atom. The monoisotopic (exact) mass is 257 g/mol. The highest BCUT2D eigenvalue weighted by Crippen LogP contribution is 2.45. The third-order valence-electron chi connectivity index (χ3n) is 2.60. The van der Waals surface area contributed by atoms with Crippen LogP contribution in [-0.2, 0) is 4.79 Å². The van der Waals surface area contributed by atoms with E-state index in [2.05, 4.69) is 42.2 Å². The molecule has 2 nitrogen and oxygen atoms in total. The Hall–Kier alpha value is -1.74. The van der Waals surface area contributed by atoms with Gasteiger partial charge in [-0.1, -0.05) is 42.1 Å². The molecule has 1 aliphatic rings. The Morgan fingerprint density at radius 3 is 2.72 bits per heavy atom. The predicted molar refractivity (Wildman–Crippen MR) is 77.7 cm³/mol. The quantitative estimate of drug-likeness (QED) is 0.465. The lowest BCUT2D eigenvalue weighted by atomic mass is 10.3. The predicted octanol–water partition coefficient (Wildman–Crippen LogP) is 3.77. The molecule has 1 heterocycles. The molecule has 0 aromatic heterocycles. The molecule has 0 amide bonds. The zero-order valence-corrected chi connectivity index (χ0v) is 11.1. The number of allylic oxidation sites excluding steroid dienone is 5. The van der Waals surface area contributed by atoms with Crippen LogP contribution in [0.1, 0.15) is 6.92 Å². The molecule has 0 unspecified atom stereocenters. The van der Waals surface area contributed by atoms with E-state index in [4.69, 9.17) is 0 Å². The van der Waals surface area contributed by atoms with Crippen molar-refractivity contribution >= 4 is 23.7 Å². The first kappa shape index (κ1) is 12.7. The standard InChI is InChI=1S/C15H15NOS/c1-2-16-13-9-6-7-10-14(13)18-15(16)11-5-3-4-8-12-17/h3-12H,2H2,1H3/b5-3+,8-4+,15-11-. The van der Waals surface area contributed by atoms with Crippen LogP contribution in [0.3, 0.4) is 0 Å². The van der Waals surface area contributed by atoms with Crippen LogP contribution in [0.5, 0.6) is 0 Å². The second-order valence-electron chi connectivity index (χ2n) is 3.72. The molecule has 1 aromatic rings. The van der Waals surface area contributed by atoms with E-state index in [-0.39, 0.29) is 0 Å². The summed E-state index contributed by atoms with van der Waals surface area (Å²) in [6.45, 7) is 3.10. The lowest BCUT2D eigenvalue weighted by Gasteiger charge is -2.17. The van der Waals surface area contributed by atoms with Crippen molar-refractivity contribution in [1.82, 2.24) is 0 Å². The van der Waals surface area contributed by atoms with E-state index >= 15 is 0 Å². The number of anilines is 1. The van der Waals surface area contributed by atoms with Gasteiger partial charge in [-0.2, -0.15) is 0 Å². The van der Waals surface area contributed by atoms with Crippen LogP contribution in [0.15, 0.2) is 64.6 Å². The summed E-state index contributed by atoms with van der Waals surface area (Å²) in [5.74, 6) is 0. The van der Waals surface area contributed by atoms with Crippen LogP contribution in [0.25, 0.3) is 0 Å². The average molecular weight is 257 g/mol. The van der Waals surface area contributed by atoms with Gasteiger partial charge in [-0.15, -0.1) is 0 Å². The first-order valence-corrected chi connectivity index (χ1v) is 6.71. The van der Waals surface area contributed by atoms with Crippen molar-refractivity contribution in [1.29, 1.82) is 0 Å². The van der Waals surface area contributed by atoms with Crippen molar-refractivity contribution in [2.24, 2.45) is 0 Å². The molecule has 0 saturated carbocycles. The van der Waals surface area contributed by atoms with Gasteiger partial charge in [-0.25, -0.2) is 0 Å². The summed E-state index contributed by atoms with van der Waals surface area (Å²) in [7, 11) is 0. The maximum Gasteiger partial charge on any atom is 0.142 e. The third-order valence-corrected chi connectivity index (χ3v) is 3.73. The first-order valence-electron chi connectivity index (χ1n) is 5.90. The second kappa shape index (κ2) is 6.26. The number of aldehydes is 1. The molecule has 0 bridgehead atoms. The van der Waals surface area contributed by atoms with Crippen molar-refractivity contribution in [2.75, 3.05) is 11.4 Å². The fourth-order valence-corrected chi connectivity index (χ4v) is 2.95. The van der Waals surface area contributed by atoms with E-state index in [1.165, 1.54) is 21.7 Å². The molecule has 92 valence electrons. The Kier molecular flexibility index (Phi) is 4.42. The lowest BCUT2D eigenvalue weighted by Crippen LogP contribution is -2.16. The number of fused-ring (bicyclic) bond motifs is 1. The Morgan fingerprint density at radius 1 is 1.17 bits per heavy atom. The van der Waals surface area contributed by atoms with Crippen molar-refractivity contribution in [2.45, 2.75) is 11.8 Å². The van der Waals surface area contributed by atoms with Crippen LogP contribution in [0, 0.1) is 0 Å². The smallest absolute Gasteiger partial charge is 0.142 e. The van der Waals surface area contributed by atoms with Gasteiger partial charge in [0.15, 0.2) is 0 Å². The molecule has 18 heavy (non-hydrogen) atoms. The fourth-order valence-electron chi connectivity index (χ4n) is 1.81. The van der Waals surface area contributed by atoms with Gasteiger partial charge in [0, 0.05) is 11.4 Å². The number of para-hydroxylation sites is 1. The molecule has 0 spiro atoms. The minimum atomic E-state index is 0.774. The van der Waals surface area contributed by atoms with E-state index in [1.54, 1.807) is 17.8 Å². The molecule has 0 saturated heterocycles. The van der Waals surface area contributed by atoms with Crippen molar-refractivity contribution in [3.8, 4) is 0 Å². The summed E-state index contributed by atoms with van der Waals surface area (Å²) in [6.07, 6.45) is 9.87. The van der Waals surface area contributed by atoms with Gasteiger partial charge in [0.1, 0.15) is 6.29 Å². The number of carbonyl (C=O) groups is 1. The number of hydrogen-bond acceptors (Lipinski definition) is 3. The number of thioether (sulfide) groups is 1. The number of benzene rings is 1. The average Bonchev–Trinajstić information content (AvgIpc) is 2.76. The van der Waals surface area contributed by atoms with Gasteiger partial charge in [0.2, 0.25) is 0 Å². The van der Waals surface area contributed by atoms with Crippen LogP contribution in [0.4, 0.5) is 5.69 Å². The van der Waals surface area contributed by atoms with Gasteiger partial charge >= 0.3 is 0 Å². The number of nitrogens with zero attached hydrogens (tertiary/aromatic N) is 1. The highest BCUT2D eigenvalue weighted by molar-refractivity contribution is 8.03. The highest BCUT2D eigenvalue weighted by atomic mass is 32.2. The molecule has 0 N–H and O–H groups in total. The number of hydrogen-bond donors (Lipinski definition) is 0. The van der Waals surface area contributed by atoms with E-state index in [0.29, 0.717) is 0 Å². The minimum Gasteiger partial charge on any atom is -0.335 e. The first-order chi connectivity index (χ1) is 8.86. The second-order valence-corrected chi connectivity index (χ2v) is 4.79. The summed E-state index contributed by atoms with van der Waals surface area (Å²) in [4.78, 5) is 13.7. The van der Waals surface area contributed by atoms with Gasteiger partial charge in [0.25, 0.3) is 0 Å². The number of rotatable bonds is 4. The van der Waals surface area contributed by atoms with Crippen LogP contribution >= 0.6 is 11.8 Å². The van der Waals surface area contributed by atoms with Crippen LogP contribution in [0.2, 0.25) is 0 Å². The molecular formula is C15H15NOS. The van der Waals surface area contributed by atoms with Gasteiger partial charge in [0.05, 0.1) is 10.7 Å². The van der Waals surface area contributed by atoms with Crippen molar-refractivity contribution < 1.29 is 4.79 Å². The van der Waals surface area contributed by atoms with Gasteiger partial charge < -0.3 is 4.90 Å². The lowest BCUT2D eigenvalue weighted by molar-refractivity contribution is -0.104. The largest absolute Gasteiger partial charge is 0.335 e. The fraction of sp³-hybridized carbons (Fsp3) is 0.133. The zero-order valence-electron chi connectivity index (χ0n) is 10.2. The molecule has 1 aliphatic heterocycles. The minimum absolute atomic E-state index is 0.774. The van der Waals surface area contributed by atoms with Crippen molar-refractivity contribution in [3.05, 3.63) is 59.7 Å². The molecular weight excluding hydrogens is 242 g/mol. The molecule has 0 aliphatic carbocycles. The molecule has 0 fully saturated rings. The topological polar surface area (TPSA) is 20.3 Å². The molecule has 3 heteroatoms. The highest BCUT2D eigenvalue weighted by Gasteiger charge is 2.22. The normalized spacial score (nSPS) is 16.9. The third kappa shape index (κ3) is 2.74. The van der Waals surface area contributed by atoms with E-state index in [9.17, 15) is 4.79 Å². The summed E-state index contributed by atoms with van der Waals surface area (Å²) in [5.41, 5.74) is 1.27. The Labute approximate surface area is 112 Å². The number of carbonyl (C=O) groups excluding carboxylic acids is 1. The Balaban J connectivity index is 2.17. The van der Waals surface area contributed by atoms with E-state index < -0.39 is 0 Å². The maximum absolute atomic E-state index is 10.1. The maximum atomic E-state index is 10.1. The van der Waals surface area contributed by atoms with E-state index in [0.717, 1.165) is 12.8 Å². The molecule has 2 rings (SSSR count). The van der Waals surface area contributed by atoms with E-state index in [1.807, 2.05) is 12.2 Å². The van der Waals surface area contributed by atoms with Crippen LogP contribution in [-0.4, -0.2) is 12.8 Å². The molecule has 1 aromatic carbocycles. The SMILES string of the molecule is CCN1/C(=C/C=C/C=C/C=O)Sc2ccccc21. The summed E-state index contributed by atoms with van der Waals surface area (Å²) in [5, 5.41) is 1.22. The summed E-state index contributed by atoms with van der Waals surface area (Å²) in [6, 6.07) is 8.40. The van der Waals surface area contributed by atoms with Crippen LogP contribution < -0.4 is 4.90 Å². The summed E-state index contributed by atoms with van der Waals surface area (Å²) >= 11 is 1.77. The summed E-state index contributed by atoms with van der Waals surface area (Å²) < 4.78 is 0. The zero-order chi connectivity index (χ0) is 12.8.